The smallest absolute Gasteiger partial charge is 0.267 e. The van der Waals surface area contributed by atoms with Gasteiger partial charge in [0.05, 0.1) is 6.54 Å². The molecule has 4 heteroatoms. The van der Waals surface area contributed by atoms with Crippen LogP contribution in [0.1, 0.15) is 20.2 Å². The molecule has 0 spiro atoms. The highest BCUT2D eigenvalue weighted by Crippen LogP contribution is 2.14. The van der Waals surface area contributed by atoms with Crippen LogP contribution in [0.5, 0.6) is 0 Å². The van der Waals surface area contributed by atoms with Crippen molar-refractivity contribution >= 4 is 17.2 Å². The van der Waals surface area contributed by atoms with E-state index in [-0.39, 0.29) is 5.91 Å². The number of rotatable bonds is 3. The lowest BCUT2D eigenvalue weighted by Crippen LogP contribution is -2.22. The maximum Gasteiger partial charge on any atom is 0.267 e. The van der Waals surface area contributed by atoms with E-state index < -0.39 is 0 Å². The van der Waals surface area contributed by atoms with Crippen molar-refractivity contribution in [2.24, 2.45) is 0 Å². The molecule has 2 heterocycles. The Bertz CT molecular complexity index is 445. The van der Waals surface area contributed by atoms with E-state index in [0.717, 1.165) is 0 Å². The quantitative estimate of drug-likeness (QED) is 0.819. The average Bonchev–Trinajstić information content (AvgIpc) is 2.84. The van der Waals surface area contributed by atoms with Gasteiger partial charge in [-0.3, -0.25) is 4.79 Å². The molecule has 2 aromatic heterocycles. The van der Waals surface area contributed by atoms with Crippen molar-refractivity contribution in [3.8, 4) is 0 Å². The molecule has 2 rings (SSSR count). The Balaban J connectivity index is 1.91. The van der Waals surface area contributed by atoms with Crippen LogP contribution >= 0.6 is 11.3 Å². The van der Waals surface area contributed by atoms with Gasteiger partial charge in [-0.05, 0) is 31.2 Å². The molecule has 0 atom stereocenters. The number of H-pyrrole nitrogens is 1. The van der Waals surface area contributed by atoms with E-state index in [1.807, 2.05) is 12.1 Å². The number of nitrogens with one attached hydrogen (secondary N) is 2. The maximum absolute atomic E-state index is 11.5. The Kier molecular flexibility index (Phi) is 2.87. The van der Waals surface area contributed by atoms with Crippen molar-refractivity contribution in [1.29, 1.82) is 0 Å². The third-order valence-electron chi connectivity index (χ3n) is 2.06. The van der Waals surface area contributed by atoms with E-state index in [4.69, 9.17) is 0 Å². The average molecular weight is 220 g/mol. The van der Waals surface area contributed by atoms with Gasteiger partial charge in [0.1, 0.15) is 5.69 Å². The molecule has 0 aliphatic rings. The van der Waals surface area contributed by atoms with Gasteiger partial charge in [0.25, 0.3) is 5.91 Å². The van der Waals surface area contributed by atoms with E-state index in [1.54, 1.807) is 23.6 Å². The summed E-state index contributed by atoms with van der Waals surface area (Å²) in [5, 5.41) is 2.85. The third kappa shape index (κ3) is 2.47. The SMILES string of the molecule is Cc1ccc(CNC(=O)c2ccc[nH]2)s1. The van der Waals surface area contributed by atoms with Crippen LogP contribution in [0.3, 0.4) is 0 Å². The number of hydrogen-bond acceptors (Lipinski definition) is 2. The molecule has 1 amide bonds. The number of carbonyl (C=O) groups is 1. The summed E-state index contributed by atoms with van der Waals surface area (Å²) in [5.41, 5.74) is 0.600. The lowest BCUT2D eigenvalue weighted by molar-refractivity contribution is 0.0947. The van der Waals surface area contributed by atoms with Crippen LogP contribution in [0.2, 0.25) is 0 Å². The van der Waals surface area contributed by atoms with Gasteiger partial charge >= 0.3 is 0 Å². The maximum atomic E-state index is 11.5. The van der Waals surface area contributed by atoms with Gasteiger partial charge in [-0.1, -0.05) is 0 Å². The largest absolute Gasteiger partial charge is 0.357 e. The number of aromatic nitrogens is 1. The Morgan fingerprint density at radius 2 is 2.33 bits per heavy atom. The number of hydrogen-bond donors (Lipinski definition) is 2. The lowest BCUT2D eigenvalue weighted by atomic mass is 10.4. The van der Waals surface area contributed by atoms with Gasteiger partial charge in [0.15, 0.2) is 0 Å². The summed E-state index contributed by atoms with van der Waals surface area (Å²) in [6.07, 6.45) is 1.74. The fourth-order valence-electron chi connectivity index (χ4n) is 1.31. The molecular formula is C11H12N2OS. The molecule has 0 aliphatic heterocycles. The monoisotopic (exact) mass is 220 g/mol. The van der Waals surface area contributed by atoms with Crippen molar-refractivity contribution in [3.63, 3.8) is 0 Å². The second-order valence-corrected chi connectivity index (χ2v) is 4.65. The molecule has 0 unspecified atom stereocenters. The Labute approximate surface area is 92.1 Å². The van der Waals surface area contributed by atoms with Crippen LogP contribution in [0.4, 0.5) is 0 Å². The Morgan fingerprint density at radius 3 is 2.93 bits per heavy atom. The van der Waals surface area contributed by atoms with E-state index in [9.17, 15) is 4.79 Å². The first-order valence-electron chi connectivity index (χ1n) is 4.72. The van der Waals surface area contributed by atoms with Crippen molar-refractivity contribution in [2.45, 2.75) is 13.5 Å². The molecule has 0 saturated carbocycles. The molecule has 15 heavy (non-hydrogen) atoms. The van der Waals surface area contributed by atoms with E-state index >= 15 is 0 Å². The standard InChI is InChI=1S/C11H12N2OS/c1-8-4-5-9(15-8)7-13-11(14)10-3-2-6-12-10/h2-6,12H,7H2,1H3,(H,13,14). The van der Waals surface area contributed by atoms with Crippen LogP contribution in [-0.2, 0) is 6.54 Å². The fourth-order valence-corrected chi connectivity index (χ4v) is 2.14. The lowest BCUT2D eigenvalue weighted by Gasteiger charge is -2.00. The first-order chi connectivity index (χ1) is 7.25. The van der Waals surface area contributed by atoms with Gasteiger partial charge in [-0.15, -0.1) is 11.3 Å². The minimum Gasteiger partial charge on any atom is -0.357 e. The van der Waals surface area contributed by atoms with Gasteiger partial charge in [0.2, 0.25) is 0 Å². The minimum absolute atomic E-state index is 0.0638. The first-order valence-corrected chi connectivity index (χ1v) is 5.54. The zero-order valence-corrected chi connectivity index (χ0v) is 9.23. The molecule has 0 radical (unpaired) electrons. The highest BCUT2D eigenvalue weighted by atomic mass is 32.1. The molecule has 0 bridgehead atoms. The van der Waals surface area contributed by atoms with Gasteiger partial charge in [0, 0.05) is 16.0 Å². The minimum atomic E-state index is -0.0638. The molecule has 3 nitrogen and oxygen atoms in total. The second kappa shape index (κ2) is 4.31. The Hall–Kier alpha value is -1.55. The zero-order chi connectivity index (χ0) is 10.7. The van der Waals surface area contributed by atoms with E-state index in [1.165, 1.54) is 9.75 Å². The first kappa shape index (κ1) is 9.98. The summed E-state index contributed by atoms with van der Waals surface area (Å²) in [6, 6.07) is 7.66. The number of aryl methyl sites for hydroxylation is 1. The van der Waals surface area contributed by atoms with E-state index in [2.05, 4.69) is 23.3 Å². The van der Waals surface area contributed by atoms with Crippen LogP contribution < -0.4 is 5.32 Å². The summed E-state index contributed by atoms with van der Waals surface area (Å²) in [4.78, 5) is 16.9. The highest BCUT2D eigenvalue weighted by molar-refractivity contribution is 7.11. The van der Waals surface area contributed by atoms with Gasteiger partial charge in [-0.2, -0.15) is 0 Å². The van der Waals surface area contributed by atoms with Crippen LogP contribution in [0.25, 0.3) is 0 Å². The molecule has 78 valence electrons. The molecule has 2 aromatic rings. The zero-order valence-electron chi connectivity index (χ0n) is 8.41. The van der Waals surface area contributed by atoms with Crippen LogP contribution in [-0.4, -0.2) is 10.9 Å². The van der Waals surface area contributed by atoms with Crippen molar-refractivity contribution in [3.05, 3.63) is 45.9 Å². The van der Waals surface area contributed by atoms with E-state index in [0.29, 0.717) is 12.2 Å². The highest BCUT2D eigenvalue weighted by Gasteiger charge is 2.05. The second-order valence-electron chi connectivity index (χ2n) is 3.28. The van der Waals surface area contributed by atoms with Gasteiger partial charge < -0.3 is 10.3 Å². The molecule has 0 fully saturated rings. The summed E-state index contributed by atoms with van der Waals surface area (Å²) in [6.45, 7) is 2.65. The normalized spacial score (nSPS) is 10.2. The van der Waals surface area contributed by atoms with Crippen molar-refractivity contribution in [1.82, 2.24) is 10.3 Å². The summed E-state index contributed by atoms with van der Waals surface area (Å²) >= 11 is 1.70. The number of aromatic amines is 1. The van der Waals surface area contributed by atoms with Gasteiger partial charge in [-0.25, -0.2) is 0 Å². The predicted octanol–water partition coefficient (Wildman–Crippen LogP) is 2.31. The molecule has 0 saturated heterocycles. The number of carbonyl (C=O) groups excluding carboxylic acids is 1. The summed E-state index contributed by atoms with van der Waals surface area (Å²) in [5.74, 6) is -0.0638. The number of thiophene rings is 1. The fraction of sp³-hybridized carbons (Fsp3) is 0.182. The molecular weight excluding hydrogens is 208 g/mol. The molecule has 2 N–H and O–H groups in total. The summed E-state index contributed by atoms with van der Waals surface area (Å²) in [7, 11) is 0. The van der Waals surface area contributed by atoms with Crippen molar-refractivity contribution < 1.29 is 4.79 Å². The van der Waals surface area contributed by atoms with Crippen LogP contribution in [0.15, 0.2) is 30.5 Å². The Morgan fingerprint density at radius 1 is 1.47 bits per heavy atom. The molecule has 0 aromatic carbocycles. The number of amides is 1. The topological polar surface area (TPSA) is 44.9 Å². The van der Waals surface area contributed by atoms with Crippen LogP contribution in [0, 0.1) is 6.92 Å². The molecule has 0 aliphatic carbocycles. The predicted molar refractivity (Wildman–Crippen MR) is 61.0 cm³/mol. The third-order valence-corrected chi connectivity index (χ3v) is 3.06. The summed E-state index contributed by atoms with van der Waals surface area (Å²) < 4.78 is 0. The van der Waals surface area contributed by atoms with Crippen molar-refractivity contribution in [2.75, 3.05) is 0 Å².